The number of piperazine rings is 1. The van der Waals surface area contributed by atoms with Crippen LogP contribution in [0.25, 0.3) is 0 Å². The Hall–Kier alpha value is -2.30. The Kier molecular flexibility index (Phi) is 6.89. The lowest BCUT2D eigenvalue weighted by atomic mass is 10.2. The molecule has 0 aliphatic carbocycles. The average molecular weight is 429 g/mol. The highest BCUT2D eigenvalue weighted by molar-refractivity contribution is 5.82. The van der Waals surface area contributed by atoms with Crippen LogP contribution in [0.1, 0.15) is 31.0 Å². The van der Waals surface area contributed by atoms with Crippen LogP contribution in [0, 0.1) is 0 Å². The molecule has 8 nitrogen and oxygen atoms in total. The molecular weight excluding hydrogens is 399 g/mol. The molecule has 0 spiro atoms. The normalized spacial score (nSPS) is 20.0. The lowest BCUT2D eigenvalue weighted by Gasteiger charge is -2.39. The fraction of sp³-hybridized carbons (Fsp3) is 0.737. The predicted octanol–water partition coefficient (Wildman–Crippen LogP) is 1.14. The summed E-state index contributed by atoms with van der Waals surface area (Å²) in [6.45, 7) is 6.31. The number of nitrogens with zero attached hydrogens (tertiary/aromatic N) is 6. The maximum Gasteiger partial charge on any atom is 0.435 e. The molecule has 2 saturated heterocycles. The van der Waals surface area contributed by atoms with Crippen LogP contribution in [0.3, 0.4) is 0 Å². The topological polar surface area (TPSA) is 69.0 Å². The molecule has 0 radical (unpaired) electrons. The van der Waals surface area contributed by atoms with Gasteiger partial charge in [0, 0.05) is 71.7 Å². The highest BCUT2D eigenvalue weighted by atomic mass is 19.4. The lowest BCUT2D eigenvalue weighted by molar-refractivity contribution is -0.142. The minimum Gasteiger partial charge on any atom is -0.352 e. The van der Waals surface area contributed by atoms with Crippen molar-refractivity contribution in [3.8, 4) is 0 Å². The van der Waals surface area contributed by atoms with E-state index in [1.54, 1.807) is 7.05 Å². The third-order valence-corrected chi connectivity index (χ3v) is 5.76. The van der Waals surface area contributed by atoms with Gasteiger partial charge in [0.2, 0.25) is 5.91 Å². The fourth-order valence-corrected chi connectivity index (χ4v) is 4.09. The summed E-state index contributed by atoms with van der Waals surface area (Å²) in [6, 6.07) is -0.162. The van der Waals surface area contributed by atoms with Gasteiger partial charge in [-0.15, -0.1) is 0 Å². The van der Waals surface area contributed by atoms with Gasteiger partial charge in [-0.25, -0.2) is 0 Å². The Morgan fingerprint density at radius 3 is 2.37 bits per heavy atom. The quantitative estimate of drug-likeness (QED) is 0.574. The van der Waals surface area contributed by atoms with Crippen LogP contribution < -0.4 is 5.32 Å². The van der Waals surface area contributed by atoms with Gasteiger partial charge in [0.1, 0.15) is 0 Å². The number of hydrogen-bond acceptors (Lipinski definition) is 4. The number of hydrogen-bond donors (Lipinski definition) is 1. The van der Waals surface area contributed by atoms with E-state index in [0.717, 1.165) is 25.9 Å². The van der Waals surface area contributed by atoms with Gasteiger partial charge in [0.05, 0.1) is 6.04 Å². The second kappa shape index (κ2) is 9.23. The lowest BCUT2D eigenvalue weighted by Crippen LogP contribution is -2.57. The van der Waals surface area contributed by atoms with E-state index < -0.39 is 11.9 Å². The molecule has 3 heterocycles. The number of rotatable bonds is 4. The molecule has 2 aliphatic rings. The van der Waals surface area contributed by atoms with E-state index >= 15 is 0 Å². The molecule has 168 valence electrons. The molecule has 0 aromatic carbocycles. The molecule has 1 unspecified atom stereocenters. The summed E-state index contributed by atoms with van der Waals surface area (Å²) in [5.74, 6) is 0.727. The zero-order chi connectivity index (χ0) is 21.9. The maximum atomic E-state index is 13.1. The number of amides is 1. The Morgan fingerprint density at radius 1 is 1.17 bits per heavy atom. The first-order chi connectivity index (χ1) is 14.2. The van der Waals surface area contributed by atoms with E-state index in [-0.39, 0.29) is 24.1 Å². The number of aromatic nitrogens is 2. The number of carbonyl (C=O) groups excluding carboxylic acids is 1. The van der Waals surface area contributed by atoms with Crippen LogP contribution in [0.15, 0.2) is 11.2 Å². The van der Waals surface area contributed by atoms with Gasteiger partial charge in [-0.1, -0.05) is 0 Å². The van der Waals surface area contributed by atoms with E-state index in [0.29, 0.717) is 32.1 Å². The van der Waals surface area contributed by atoms with Crippen LogP contribution >= 0.6 is 0 Å². The monoisotopic (exact) mass is 429 g/mol. The maximum absolute atomic E-state index is 13.1. The molecule has 1 N–H and O–H groups in total. The van der Waals surface area contributed by atoms with Gasteiger partial charge in [-0.2, -0.15) is 18.3 Å². The number of guanidine groups is 1. The van der Waals surface area contributed by atoms with Crippen LogP contribution in [-0.4, -0.2) is 88.7 Å². The van der Waals surface area contributed by atoms with Crippen molar-refractivity contribution in [2.24, 2.45) is 12.0 Å². The summed E-state index contributed by atoms with van der Waals surface area (Å²) in [6.07, 6.45) is -0.986. The molecule has 30 heavy (non-hydrogen) atoms. The van der Waals surface area contributed by atoms with Crippen molar-refractivity contribution in [3.05, 3.63) is 17.5 Å². The SMILES string of the molecule is CN=C(NCc1cn(C)nc1C(F)(F)F)N1CCN(C(C)C(=O)N2CCCC2)CC1. The zero-order valence-electron chi connectivity index (χ0n) is 17.7. The molecule has 1 amide bonds. The largest absolute Gasteiger partial charge is 0.435 e. The van der Waals surface area contributed by atoms with Crippen molar-refractivity contribution >= 4 is 11.9 Å². The molecule has 1 aromatic rings. The van der Waals surface area contributed by atoms with Crippen LogP contribution in [0.5, 0.6) is 0 Å². The van der Waals surface area contributed by atoms with E-state index in [2.05, 4.69) is 20.3 Å². The summed E-state index contributed by atoms with van der Waals surface area (Å²) < 4.78 is 40.6. The summed E-state index contributed by atoms with van der Waals surface area (Å²) in [5, 5.41) is 6.55. The van der Waals surface area contributed by atoms with Gasteiger partial charge in [0.15, 0.2) is 11.7 Å². The highest BCUT2D eigenvalue weighted by Crippen LogP contribution is 2.30. The molecule has 3 rings (SSSR count). The Balaban J connectivity index is 1.54. The van der Waals surface area contributed by atoms with E-state index in [1.165, 1.54) is 17.9 Å². The Morgan fingerprint density at radius 2 is 1.80 bits per heavy atom. The van der Waals surface area contributed by atoms with Crippen molar-refractivity contribution in [1.82, 2.24) is 29.8 Å². The minimum absolute atomic E-state index is 0.0145. The summed E-state index contributed by atoms with van der Waals surface area (Å²) in [5.41, 5.74) is -0.804. The molecular formula is C19H30F3N7O. The molecule has 2 aliphatic heterocycles. The molecule has 11 heteroatoms. The predicted molar refractivity (Wildman–Crippen MR) is 107 cm³/mol. The molecule has 0 bridgehead atoms. The van der Waals surface area contributed by atoms with Crippen molar-refractivity contribution in [1.29, 1.82) is 0 Å². The first kappa shape index (κ1) is 22.4. The van der Waals surface area contributed by atoms with Crippen molar-refractivity contribution in [3.63, 3.8) is 0 Å². The smallest absolute Gasteiger partial charge is 0.352 e. The van der Waals surface area contributed by atoms with Crippen LogP contribution in [-0.2, 0) is 24.6 Å². The van der Waals surface area contributed by atoms with Gasteiger partial charge in [-0.3, -0.25) is 19.4 Å². The second-order valence-corrected chi connectivity index (χ2v) is 7.81. The number of likely N-dealkylation sites (tertiary alicyclic amines) is 1. The Bertz CT molecular complexity index is 763. The first-order valence-corrected chi connectivity index (χ1v) is 10.3. The highest BCUT2D eigenvalue weighted by Gasteiger charge is 2.37. The average Bonchev–Trinajstić information content (AvgIpc) is 3.37. The van der Waals surface area contributed by atoms with Gasteiger partial charge in [-0.05, 0) is 19.8 Å². The molecule has 2 fully saturated rings. The summed E-state index contributed by atoms with van der Waals surface area (Å²) in [4.78, 5) is 22.9. The fourth-order valence-electron chi connectivity index (χ4n) is 4.09. The molecule has 0 saturated carbocycles. The third kappa shape index (κ3) is 5.05. The standard InChI is InChI=1S/C19H30F3N7O/c1-14(17(30)28-6-4-5-7-28)27-8-10-29(11-9-27)18(23-2)24-12-15-13-26(3)25-16(15)19(20,21)22/h13-14H,4-12H2,1-3H3,(H,23,24). The number of aliphatic imine (C=N–C) groups is 1. The van der Waals surface area contributed by atoms with Gasteiger partial charge < -0.3 is 15.1 Å². The Labute approximate surface area is 174 Å². The molecule has 1 aromatic heterocycles. The number of carbonyl (C=O) groups is 1. The van der Waals surface area contributed by atoms with E-state index in [4.69, 9.17) is 0 Å². The van der Waals surface area contributed by atoms with Crippen molar-refractivity contribution in [2.75, 3.05) is 46.3 Å². The molecule has 1 atom stereocenters. The first-order valence-electron chi connectivity index (χ1n) is 10.3. The van der Waals surface area contributed by atoms with Crippen LogP contribution in [0.2, 0.25) is 0 Å². The zero-order valence-corrected chi connectivity index (χ0v) is 17.7. The third-order valence-electron chi connectivity index (χ3n) is 5.76. The van der Waals surface area contributed by atoms with E-state index in [9.17, 15) is 18.0 Å². The van der Waals surface area contributed by atoms with Crippen LogP contribution in [0.4, 0.5) is 13.2 Å². The number of aryl methyl sites for hydroxylation is 1. The number of halogens is 3. The van der Waals surface area contributed by atoms with Gasteiger partial charge in [0.25, 0.3) is 0 Å². The summed E-state index contributed by atoms with van der Waals surface area (Å²) >= 11 is 0. The minimum atomic E-state index is -4.49. The number of alkyl halides is 3. The summed E-state index contributed by atoms with van der Waals surface area (Å²) in [7, 11) is 3.08. The second-order valence-electron chi connectivity index (χ2n) is 7.81. The van der Waals surface area contributed by atoms with Crippen molar-refractivity contribution in [2.45, 2.75) is 38.5 Å². The number of nitrogens with one attached hydrogen (secondary N) is 1. The van der Waals surface area contributed by atoms with Crippen molar-refractivity contribution < 1.29 is 18.0 Å². The van der Waals surface area contributed by atoms with Gasteiger partial charge >= 0.3 is 6.18 Å². The van der Waals surface area contributed by atoms with E-state index in [1.807, 2.05) is 16.7 Å².